The largest absolute Gasteiger partial charge is 0.378 e. The molecule has 0 saturated carbocycles. The van der Waals surface area contributed by atoms with E-state index in [1.165, 1.54) is 11.8 Å². The molecule has 8 heteroatoms. The average Bonchev–Trinajstić information content (AvgIpc) is 3.13. The number of amides is 3. The third-order valence-corrected chi connectivity index (χ3v) is 5.55. The number of rotatable bonds is 7. The van der Waals surface area contributed by atoms with Gasteiger partial charge in [0.1, 0.15) is 0 Å². The van der Waals surface area contributed by atoms with Gasteiger partial charge in [0.15, 0.2) is 0 Å². The first-order chi connectivity index (χ1) is 13.1. The Morgan fingerprint density at radius 2 is 1.81 bits per heavy atom. The molecule has 2 saturated heterocycles. The molecule has 2 aliphatic rings. The molecular formula is C19H25N3O4S. The molecule has 2 fully saturated rings. The van der Waals surface area contributed by atoms with Gasteiger partial charge in [0.2, 0.25) is 17.7 Å². The number of anilines is 1. The molecule has 3 rings (SSSR count). The van der Waals surface area contributed by atoms with Crippen LogP contribution in [0.5, 0.6) is 0 Å². The van der Waals surface area contributed by atoms with Gasteiger partial charge in [-0.05, 0) is 24.1 Å². The number of morpholine rings is 1. The van der Waals surface area contributed by atoms with E-state index in [0.717, 1.165) is 24.2 Å². The first-order valence-electron chi connectivity index (χ1n) is 9.23. The maximum absolute atomic E-state index is 12.0. The van der Waals surface area contributed by atoms with Crippen LogP contribution < -0.4 is 10.2 Å². The van der Waals surface area contributed by atoms with Gasteiger partial charge in [-0.3, -0.25) is 14.4 Å². The summed E-state index contributed by atoms with van der Waals surface area (Å²) in [6, 6.07) is 7.69. The molecule has 0 aliphatic carbocycles. The Kier molecular flexibility index (Phi) is 7.11. The number of thioether (sulfide) groups is 1. The fourth-order valence-electron chi connectivity index (χ4n) is 3.10. The summed E-state index contributed by atoms with van der Waals surface area (Å²) < 4.78 is 5.22. The fraction of sp³-hybridized carbons (Fsp3) is 0.526. The number of carbonyl (C=O) groups is 3. The average molecular weight is 391 g/mol. The monoisotopic (exact) mass is 391 g/mol. The molecule has 0 spiro atoms. The van der Waals surface area contributed by atoms with Gasteiger partial charge in [0, 0.05) is 38.3 Å². The smallest absolute Gasteiger partial charge is 0.232 e. The third kappa shape index (κ3) is 5.71. The number of nitrogens with one attached hydrogen (secondary N) is 1. The molecule has 2 aliphatic heterocycles. The molecule has 0 unspecified atom stereocenters. The van der Waals surface area contributed by atoms with E-state index in [1.807, 2.05) is 24.3 Å². The second kappa shape index (κ2) is 9.75. The maximum atomic E-state index is 12.0. The molecule has 3 amide bonds. The molecule has 0 bridgehead atoms. The lowest BCUT2D eigenvalue weighted by Crippen LogP contribution is -2.41. The molecule has 1 aromatic rings. The normalized spacial score (nSPS) is 17.3. The summed E-state index contributed by atoms with van der Waals surface area (Å²) in [5.74, 6) is 0.707. The van der Waals surface area contributed by atoms with Crippen LogP contribution in [0.25, 0.3) is 0 Å². The highest BCUT2D eigenvalue weighted by atomic mass is 32.2. The third-order valence-electron chi connectivity index (χ3n) is 4.63. The van der Waals surface area contributed by atoms with Crippen molar-refractivity contribution in [2.24, 2.45) is 0 Å². The molecule has 1 aromatic carbocycles. The zero-order chi connectivity index (χ0) is 19.1. The maximum Gasteiger partial charge on any atom is 0.232 e. The van der Waals surface area contributed by atoms with E-state index in [1.54, 1.807) is 9.80 Å². The van der Waals surface area contributed by atoms with Gasteiger partial charge in [-0.1, -0.05) is 12.1 Å². The van der Waals surface area contributed by atoms with Crippen molar-refractivity contribution in [3.63, 3.8) is 0 Å². The summed E-state index contributed by atoms with van der Waals surface area (Å²) in [4.78, 5) is 39.3. The summed E-state index contributed by atoms with van der Waals surface area (Å²) in [6.07, 6.45) is 1.52. The quantitative estimate of drug-likeness (QED) is 0.751. The lowest BCUT2D eigenvalue weighted by atomic mass is 10.2. The second-order valence-corrected chi connectivity index (χ2v) is 7.56. The zero-order valence-corrected chi connectivity index (χ0v) is 16.1. The van der Waals surface area contributed by atoms with Crippen molar-refractivity contribution in [2.45, 2.75) is 19.4 Å². The van der Waals surface area contributed by atoms with Crippen molar-refractivity contribution in [3.05, 3.63) is 29.8 Å². The molecule has 2 heterocycles. The van der Waals surface area contributed by atoms with Crippen LogP contribution in [0.4, 0.5) is 5.69 Å². The van der Waals surface area contributed by atoms with E-state index in [0.29, 0.717) is 45.0 Å². The Morgan fingerprint density at radius 3 is 2.48 bits per heavy atom. The molecule has 0 radical (unpaired) electrons. The van der Waals surface area contributed by atoms with Crippen LogP contribution in [0.1, 0.15) is 18.4 Å². The minimum Gasteiger partial charge on any atom is -0.378 e. The minimum absolute atomic E-state index is 0.0585. The minimum atomic E-state index is -0.0893. The number of carbonyl (C=O) groups excluding carboxylic acids is 3. The van der Waals surface area contributed by atoms with Crippen LogP contribution in [0.15, 0.2) is 24.3 Å². The van der Waals surface area contributed by atoms with Gasteiger partial charge in [-0.25, -0.2) is 0 Å². The predicted molar refractivity (Wildman–Crippen MR) is 105 cm³/mol. The van der Waals surface area contributed by atoms with Gasteiger partial charge < -0.3 is 19.9 Å². The van der Waals surface area contributed by atoms with Crippen molar-refractivity contribution < 1.29 is 19.1 Å². The fourth-order valence-corrected chi connectivity index (χ4v) is 3.85. The molecule has 146 valence electrons. The van der Waals surface area contributed by atoms with Crippen LogP contribution in [0.2, 0.25) is 0 Å². The summed E-state index contributed by atoms with van der Waals surface area (Å²) >= 11 is 1.33. The van der Waals surface area contributed by atoms with E-state index in [4.69, 9.17) is 4.74 Å². The van der Waals surface area contributed by atoms with Crippen LogP contribution >= 0.6 is 11.8 Å². The molecular weight excluding hydrogens is 366 g/mol. The number of hydrogen-bond donors (Lipinski definition) is 1. The van der Waals surface area contributed by atoms with Gasteiger partial charge in [-0.2, -0.15) is 0 Å². The first kappa shape index (κ1) is 19.7. The lowest BCUT2D eigenvalue weighted by Gasteiger charge is -2.26. The van der Waals surface area contributed by atoms with Gasteiger partial charge in [-0.15, -0.1) is 11.8 Å². The Balaban J connectivity index is 1.35. The zero-order valence-electron chi connectivity index (χ0n) is 15.3. The SMILES string of the molecule is O=C(CSCC(=O)N1CCOCC1)NCc1ccc(N2CCCC2=O)cc1. The van der Waals surface area contributed by atoms with Crippen LogP contribution in [-0.2, 0) is 25.7 Å². The summed E-state index contributed by atoms with van der Waals surface area (Å²) in [5, 5.41) is 2.86. The Morgan fingerprint density at radius 1 is 1.07 bits per heavy atom. The molecule has 0 aromatic heterocycles. The summed E-state index contributed by atoms with van der Waals surface area (Å²) in [7, 11) is 0. The first-order valence-corrected chi connectivity index (χ1v) is 10.4. The van der Waals surface area contributed by atoms with Crippen LogP contribution in [0.3, 0.4) is 0 Å². The van der Waals surface area contributed by atoms with E-state index in [9.17, 15) is 14.4 Å². The standard InChI is InChI=1S/C19H25N3O4S/c23-17(13-27-14-19(25)21-8-10-26-11-9-21)20-12-15-3-5-16(6-4-15)22-7-1-2-18(22)24/h3-6H,1-2,7-14H2,(H,20,23). The van der Waals surface area contributed by atoms with E-state index >= 15 is 0 Å². The van der Waals surface area contributed by atoms with E-state index < -0.39 is 0 Å². The number of nitrogens with zero attached hydrogens (tertiary/aromatic N) is 2. The van der Waals surface area contributed by atoms with Crippen molar-refractivity contribution >= 4 is 35.2 Å². The van der Waals surface area contributed by atoms with Crippen LogP contribution in [0, 0.1) is 0 Å². The van der Waals surface area contributed by atoms with Crippen molar-refractivity contribution in [3.8, 4) is 0 Å². The second-order valence-electron chi connectivity index (χ2n) is 6.58. The predicted octanol–water partition coefficient (Wildman–Crippen LogP) is 1.02. The lowest BCUT2D eigenvalue weighted by molar-refractivity contribution is -0.132. The highest BCUT2D eigenvalue weighted by Gasteiger charge is 2.21. The highest BCUT2D eigenvalue weighted by molar-refractivity contribution is 8.00. The van der Waals surface area contributed by atoms with E-state index in [-0.39, 0.29) is 23.5 Å². The van der Waals surface area contributed by atoms with Gasteiger partial charge >= 0.3 is 0 Å². The molecule has 0 atom stereocenters. The van der Waals surface area contributed by atoms with Crippen molar-refractivity contribution in [1.29, 1.82) is 0 Å². The van der Waals surface area contributed by atoms with Gasteiger partial charge in [0.05, 0.1) is 24.7 Å². The summed E-state index contributed by atoms with van der Waals surface area (Å²) in [5.41, 5.74) is 1.89. The van der Waals surface area contributed by atoms with Gasteiger partial charge in [0.25, 0.3) is 0 Å². The molecule has 7 nitrogen and oxygen atoms in total. The number of benzene rings is 1. The Bertz CT molecular complexity index is 674. The highest BCUT2D eigenvalue weighted by Crippen LogP contribution is 2.21. The summed E-state index contributed by atoms with van der Waals surface area (Å²) in [6.45, 7) is 3.64. The Labute approximate surface area is 163 Å². The van der Waals surface area contributed by atoms with Crippen molar-refractivity contribution in [2.75, 3.05) is 49.3 Å². The Hall–Kier alpha value is -2.06. The van der Waals surface area contributed by atoms with Crippen molar-refractivity contribution in [1.82, 2.24) is 10.2 Å². The number of ether oxygens (including phenoxy) is 1. The molecule has 27 heavy (non-hydrogen) atoms. The molecule has 1 N–H and O–H groups in total. The topological polar surface area (TPSA) is 79.0 Å². The van der Waals surface area contributed by atoms with Crippen LogP contribution in [-0.4, -0.2) is 67.0 Å². The number of hydrogen-bond acceptors (Lipinski definition) is 5. The van der Waals surface area contributed by atoms with E-state index in [2.05, 4.69) is 5.32 Å².